The predicted molar refractivity (Wildman–Crippen MR) is 75.9 cm³/mol. The highest BCUT2D eigenvalue weighted by molar-refractivity contribution is 5.31. The lowest BCUT2D eigenvalue weighted by molar-refractivity contribution is 0.383. The van der Waals surface area contributed by atoms with Crippen LogP contribution < -0.4 is 4.90 Å². The van der Waals surface area contributed by atoms with Crippen LogP contribution >= 0.6 is 0 Å². The average Bonchev–Trinajstić information content (AvgIpc) is 2.73. The van der Waals surface area contributed by atoms with Crippen LogP contribution in [-0.4, -0.2) is 28.3 Å². The van der Waals surface area contributed by atoms with Gasteiger partial charge >= 0.3 is 0 Å². The van der Waals surface area contributed by atoms with Crippen LogP contribution in [0.15, 0.2) is 28.8 Å². The largest absolute Gasteiger partial charge is 0.508 e. The molecule has 0 aliphatic carbocycles. The average molecular weight is 273 g/mol. The zero-order valence-electron chi connectivity index (χ0n) is 11.5. The van der Waals surface area contributed by atoms with E-state index in [0.717, 1.165) is 18.7 Å². The number of anilines is 1. The zero-order chi connectivity index (χ0) is 13.8. The molecule has 1 N–H and O–H groups in total. The van der Waals surface area contributed by atoms with Gasteiger partial charge in [-0.2, -0.15) is 4.98 Å². The fourth-order valence-electron chi connectivity index (χ4n) is 2.56. The molecule has 0 saturated carbocycles. The highest BCUT2D eigenvalue weighted by Crippen LogP contribution is 2.18. The summed E-state index contributed by atoms with van der Waals surface area (Å²) in [6.45, 7) is 2.01. The molecule has 20 heavy (non-hydrogen) atoms. The molecule has 0 unspecified atom stereocenters. The van der Waals surface area contributed by atoms with E-state index in [1.807, 2.05) is 12.1 Å². The SMILES string of the molecule is Oc1cccc(Cc2nc(N3CCCCCC3)no2)c1. The molecule has 0 spiro atoms. The minimum atomic E-state index is 0.259. The van der Waals surface area contributed by atoms with E-state index in [-0.39, 0.29) is 5.75 Å². The van der Waals surface area contributed by atoms with Crippen LogP contribution in [0.25, 0.3) is 0 Å². The van der Waals surface area contributed by atoms with E-state index < -0.39 is 0 Å². The van der Waals surface area contributed by atoms with Crippen LogP contribution in [0, 0.1) is 0 Å². The lowest BCUT2D eigenvalue weighted by atomic mass is 10.1. The molecule has 2 aromatic rings. The molecule has 0 amide bonds. The molecule has 1 aliphatic heterocycles. The van der Waals surface area contributed by atoms with Gasteiger partial charge in [0.25, 0.3) is 5.95 Å². The number of benzene rings is 1. The molecule has 3 rings (SSSR count). The highest BCUT2D eigenvalue weighted by atomic mass is 16.5. The van der Waals surface area contributed by atoms with Crippen molar-refractivity contribution in [3.63, 3.8) is 0 Å². The van der Waals surface area contributed by atoms with E-state index >= 15 is 0 Å². The second-order valence-electron chi connectivity index (χ2n) is 5.24. The Bertz CT molecular complexity index is 560. The van der Waals surface area contributed by atoms with Crippen molar-refractivity contribution in [2.24, 2.45) is 0 Å². The normalized spacial score (nSPS) is 16.1. The summed E-state index contributed by atoms with van der Waals surface area (Å²) < 4.78 is 5.32. The fourth-order valence-corrected chi connectivity index (χ4v) is 2.56. The minimum absolute atomic E-state index is 0.259. The number of phenolic OH excluding ortho intramolecular Hbond substituents is 1. The van der Waals surface area contributed by atoms with Gasteiger partial charge in [0.2, 0.25) is 5.89 Å². The van der Waals surface area contributed by atoms with E-state index in [0.29, 0.717) is 18.3 Å². The van der Waals surface area contributed by atoms with Crippen LogP contribution in [0.3, 0.4) is 0 Å². The highest BCUT2D eigenvalue weighted by Gasteiger charge is 2.16. The van der Waals surface area contributed by atoms with E-state index in [1.165, 1.54) is 25.7 Å². The van der Waals surface area contributed by atoms with Crippen molar-refractivity contribution in [2.45, 2.75) is 32.1 Å². The van der Waals surface area contributed by atoms with Gasteiger partial charge in [-0.25, -0.2) is 0 Å². The van der Waals surface area contributed by atoms with Crippen molar-refractivity contribution in [2.75, 3.05) is 18.0 Å². The van der Waals surface area contributed by atoms with Crippen molar-refractivity contribution in [1.29, 1.82) is 0 Å². The van der Waals surface area contributed by atoms with Gasteiger partial charge in [-0.05, 0) is 35.7 Å². The maximum absolute atomic E-state index is 9.46. The van der Waals surface area contributed by atoms with E-state index in [2.05, 4.69) is 15.0 Å². The first-order valence-electron chi connectivity index (χ1n) is 7.17. The second kappa shape index (κ2) is 5.94. The number of hydrogen-bond acceptors (Lipinski definition) is 5. The number of hydrogen-bond donors (Lipinski definition) is 1. The topological polar surface area (TPSA) is 62.4 Å². The Balaban J connectivity index is 1.70. The third-order valence-corrected chi connectivity index (χ3v) is 3.61. The molecular formula is C15H19N3O2. The summed E-state index contributed by atoms with van der Waals surface area (Å²) >= 11 is 0. The maximum atomic E-state index is 9.46. The Morgan fingerprint density at radius 1 is 1.15 bits per heavy atom. The second-order valence-corrected chi connectivity index (χ2v) is 5.24. The lowest BCUT2D eigenvalue weighted by Crippen LogP contribution is -2.24. The van der Waals surface area contributed by atoms with Gasteiger partial charge in [0, 0.05) is 13.1 Å². The number of nitrogens with zero attached hydrogens (tertiary/aromatic N) is 3. The summed E-state index contributed by atoms with van der Waals surface area (Å²) in [5.41, 5.74) is 0.969. The Kier molecular flexibility index (Phi) is 3.85. The maximum Gasteiger partial charge on any atom is 0.266 e. The summed E-state index contributed by atoms with van der Waals surface area (Å²) in [6, 6.07) is 7.13. The monoisotopic (exact) mass is 273 g/mol. The first-order valence-corrected chi connectivity index (χ1v) is 7.17. The van der Waals surface area contributed by atoms with Gasteiger partial charge in [0.15, 0.2) is 0 Å². The Morgan fingerprint density at radius 2 is 1.95 bits per heavy atom. The molecule has 1 aromatic carbocycles. The van der Waals surface area contributed by atoms with Crippen LogP contribution in [0.1, 0.15) is 37.1 Å². The van der Waals surface area contributed by atoms with Crippen LogP contribution in [-0.2, 0) is 6.42 Å². The third kappa shape index (κ3) is 3.10. The minimum Gasteiger partial charge on any atom is -0.508 e. The molecule has 1 aromatic heterocycles. The summed E-state index contributed by atoms with van der Waals surface area (Å²) in [5.74, 6) is 1.55. The lowest BCUT2D eigenvalue weighted by Gasteiger charge is -2.16. The fraction of sp³-hybridized carbons (Fsp3) is 0.467. The van der Waals surface area contributed by atoms with Crippen molar-refractivity contribution in [1.82, 2.24) is 10.1 Å². The van der Waals surface area contributed by atoms with Gasteiger partial charge < -0.3 is 14.5 Å². The Morgan fingerprint density at radius 3 is 2.70 bits per heavy atom. The number of rotatable bonds is 3. The smallest absolute Gasteiger partial charge is 0.266 e. The van der Waals surface area contributed by atoms with Crippen LogP contribution in [0.5, 0.6) is 5.75 Å². The van der Waals surface area contributed by atoms with Gasteiger partial charge in [-0.3, -0.25) is 0 Å². The van der Waals surface area contributed by atoms with E-state index in [4.69, 9.17) is 4.52 Å². The molecule has 0 radical (unpaired) electrons. The van der Waals surface area contributed by atoms with Gasteiger partial charge in [0.1, 0.15) is 5.75 Å². The molecule has 0 bridgehead atoms. The van der Waals surface area contributed by atoms with Gasteiger partial charge in [-0.15, -0.1) is 0 Å². The van der Waals surface area contributed by atoms with Crippen LogP contribution in [0.2, 0.25) is 0 Å². The predicted octanol–water partition coefficient (Wildman–Crippen LogP) is 2.75. The summed E-state index contributed by atoms with van der Waals surface area (Å²) in [5, 5.41) is 13.5. The molecular weight excluding hydrogens is 254 g/mol. The molecule has 5 nitrogen and oxygen atoms in total. The Hall–Kier alpha value is -2.04. The zero-order valence-corrected chi connectivity index (χ0v) is 11.5. The number of aromatic nitrogens is 2. The molecule has 2 heterocycles. The van der Waals surface area contributed by atoms with Gasteiger partial charge in [-0.1, -0.05) is 25.0 Å². The van der Waals surface area contributed by atoms with Crippen molar-refractivity contribution in [3.05, 3.63) is 35.7 Å². The summed E-state index contributed by atoms with van der Waals surface area (Å²) in [7, 11) is 0. The standard InChI is InChI=1S/C15H19N3O2/c19-13-7-5-6-12(10-13)11-14-16-15(17-20-14)18-8-3-1-2-4-9-18/h5-7,10,19H,1-4,8-9,11H2. The van der Waals surface area contributed by atoms with Crippen molar-refractivity contribution < 1.29 is 9.63 Å². The quantitative estimate of drug-likeness (QED) is 0.931. The van der Waals surface area contributed by atoms with Crippen molar-refractivity contribution in [3.8, 4) is 5.75 Å². The van der Waals surface area contributed by atoms with Crippen molar-refractivity contribution >= 4 is 5.95 Å². The molecule has 1 fully saturated rings. The third-order valence-electron chi connectivity index (χ3n) is 3.61. The first kappa shape index (κ1) is 13.0. The molecule has 0 atom stereocenters. The van der Waals surface area contributed by atoms with E-state index in [1.54, 1.807) is 12.1 Å². The van der Waals surface area contributed by atoms with E-state index in [9.17, 15) is 5.11 Å². The number of phenols is 1. The Labute approximate surface area is 118 Å². The first-order chi connectivity index (χ1) is 9.81. The number of aromatic hydroxyl groups is 1. The summed E-state index contributed by atoms with van der Waals surface area (Å²) in [6.07, 6.45) is 5.50. The molecule has 106 valence electrons. The van der Waals surface area contributed by atoms with Crippen LogP contribution in [0.4, 0.5) is 5.95 Å². The molecule has 5 heteroatoms. The summed E-state index contributed by atoms with van der Waals surface area (Å²) in [4.78, 5) is 6.66. The molecule has 1 aliphatic rings. The van der Waals surface area contributed by atoms with Gasteiger partial charge in [0.05, 0.1) is 6.42 Å². The molecule has 1 saturated heterocycles.